The number of rotatable bonds is 8. The van der Waals surface area contributed by atoms with Crippen molar-refractivity contribution in [1.29, 1.82) is 0 Å². The molecule has 3 aromatic carbocycles. The van der Waals surface area contributed by atoms with Crippen molar-refractivity contribution in [2.45, 2.75) is 12.0 Å². The lowest BCUT2D eigenvalue weighted by Gasteiger charge is -2.31. The first-order chi connectivity index (χ1) is 14.9. The number of fused-ring (bicyclic) bond motifs is 1. The van der Waals surface area contributed by atoms with Crippen molar-refractivity contribution in [3.05, 3.63) is 83.9 Å². The molecule has 31 heavy (non-hydrogen) atoms. The van der Waals surface area contributed by atoms with Crippen LogP contribution in [0.1, 0.15) is 23.1 Å². The molecule has 0 saturated carbocycles. The first-order valence-corrected chi connectivity index (χ1v) is 10.2. The van der Waals surface area contributed by atoms with Gasteiger partial charge in [0.2, 0.25) is 5.91 Å². The second kappa shape index (κ2) is 10.1. The molecule has 1 N–H and O–H groups in total. The van der Waals surface area contributed by atoms with Crippen molar-refractivity contribution >= 4 is 22.8 Å². The van der Waals surface area contributed by atoms with Gasteiger partial charge in [0.15, 0.2) is 0 Å². The summed E-state index contributed by atoms with van der Waals surface area (Å²) in [6.07, 6.45) is -1.50. The fraction of sp³-hybridized carbons (Fsp3) is 0.280. The van der Waals surface area contributed by atoms with Gasteiger partial charge in [-0.1, -0.05) is 72.8 Å². The Morgan fingerprint density at radius 1 is 0.871 bits per heavy atom. The van der Waals surface area contributed by atoms with Gasteiger partial charge in [0.05, 0.1) is 6.10 Å². The monoisotopic (exact) mass is 420 g/mol. The molecule has 162 valence electrons. The zero-order valence-corrected chi connectivity index (χ0v) is 18.1. The number of carbonyl (C=O) groups excluding carboxylic acids is 1. The van der Waals surface area contributed by atoms with Crippen LogP contribution in [0.25, 0.3) is 10.8 Å². The lowest BCUT2D eigenvalue weighted by molar-refractivity contribution is -0.136. The van der Waals surface area contributed by atoms with E-state index in [0.717, 1.165) is 21.9 Å². The zero-order chi connectivity index (χ0) is 22.4. The van der Waals surface area contributed by atoms with Crippen LogP contribution in [0, 0.1) is 0 Å². The maximum Gasteiger partial charge on any atom is 0.407 e. The average Bonchev–Trinajstić information content (AvgIpc) is 2.78. The van der Waals surface area contributed by atoms with E-state index in [1.807, 2.05) is 66.7 Å². The third kappa shape index (κ3) is 5.61. The summed E-state index contributed by atoms with van der Waals surface area (Å²) in [6.45, 7) is 0.136. The minimum atomic E-state index is -1.01. The molecule has 0 radical (unpaired) electrons. The third-order valence-electron chi connectivity index (χ3n) is 5.38. The van der Waals surface area contributed by atoms with Gasteiger partial charge in [-0.3, -0.25) is 4.79 Å². The standard InChI is InChI=1S/C25H28N2O4/c1-26(2)23(28)17-31-24(19-10-5-4-6-11-19)22(16-27(3)25(29)30)21-14-13-18-9-7-8-12-20(18)15-21/h4-15,22,24H,16-17H2,1-3H3,(H,29,30)/t22-,24-/m1/s1. The highest BCUT2D eigenvalue weighted by Gasteiger charge is 2.29. The van der Waals surface area contributed by atoms with Crippen molar-refractivity contribution in [3.8, 4) is 0 Å². The molecule has 0 aliphatic heterocycles. The normalized spacial score (nSPS) is 12.9. The number of nitrogens with zero attached hydrogens (tertiary/aromatic N) is 2. The van der Waals surface area contributed by atoms with Crippen molar-refractivity contribution in [3.63, 3.8) is 0 Å². The summed E-state index contributed by atoms with van der Waals surface area (Å²) >= 11 is 0. The van der Waals surface area contributed by atoms with Crippen LogP contribution in [-0.4, -0.2) is 61.2 Å². The molecule has 0 heterocycles. The summed E-state index contributed by atoms with van der Waals surface area (Å²) in [7, 11) is 4.91. The highest BCUT2D eigenvalue weighted by Crippen LogP contribution is 2.36. The molecule has 6 nitrogen and oxygen atoms in total. The Hall–Kier alpha value is -3.38. The molecule has 0 unspecified atom stereocenters. The number of carbonyl (C=O) groups is 2. The number of likely N-dealkylation sites (N-methyl/N-ethyl adjacent to an activating group) is 2. The van der Waals surface area contributed by atoms with Gasteiger partial charge in [0.1, 0.15) is 6.61 Å². The van der Waals surface area contributed by atoms with E-state index in [2.05, 4.69) is 6.07 Å². The number of carboxylic acid groups (broad SMARTS) is 1. The first-order valence-electron chi connectivity index (χ1n) is 10.2. The fourth-order valence-corrected chi connectivity index (χ4v) is 3.57. The van der Waals surface area contributed by atoms with E-state index in [0.29, 0.717) is 0 Å². The number of ether oxygens (including phenoxy) is 1. The zero-order valence-electron chi connectivity index (χ0n) is 18.1. The van der Waals surface area contributed by atoms with E-state index in [-0.39, 0.29) is 25.0 Å². The second-order valence-corrected chi connectivity index (χ2v) is 7.81. The van der Waals surface area contributed by atoms with Crippen LogP contribution < -0.4 is 0 Å². The van der Waals surface area contributed by atoms with Crippen LogP contribution in [0.3, 0.4) is 0 Å². The minimum absolute atomic E-state index is 0.0899. The number of benzene rings is 3. The maximum atomic E-state index is 12.2. The topological polar surface area (TPSA) is 70.1 Å². The predicted molar refractivity (Wildman–Crippen MR) is 121 cm³/mol. The highest BCUT2D eigenvalue weighted by molar-refractivity contribution is 5.83. The molecule has 2 atom stereocenters. The Labute approximate surface area is 182 Å². The molecule has 3 rings (SSSR count). The summed E-state index contributed by atoms with van der Waals surface area (Å²) in [4.78, 5) is 26.6. The van der Waals surface area contributed by atoms with Crippen LogP contribution in [0.5, 0.6) is 0 Å². The van der Waals surface area contributed by atoms with Crippen LogP contribution in [0.2, 0.25) is 0 Å². The van der Waals surface area contributed by atoms with Gasteiger partial charge in [-0.25, -0.2) is 4.79 Å². The Morgan fingerprint density at radius 2 is 1.52 bits per heavy atom. The van der Waals surface area contributed by atoms with Crippen LogP contribution in [0.4, 0.5) is 4.79 Å². The van der Waals surface area contributed by atoms with Gasteiger partial charge >= 0.3 is 6.09 Å². The molecule has 0 bridgehead atoms. The Balaban J connectivity index is 2.04. The lowest BCUT2D eigenvalue weighted by Crippen LogP contribution is -2.34. The van der Waals surface area contributed by atoms with Gasteiger partial charge in [-0.2, -0.15) is 0 Å². The van der Waals surface area contributed by atoms with Gasteiger partial charge in [-0.15, -0.1) is 0 Å². The molecule has 2 amide bonds. The SMILES string of the molecule is CN(C)C(=O)CO[C@H](c1ccccc1)[C@H](CN(C)C(=O)O)c1ccc2ccccc2c1. The summed E-state index contributed by atoms with van der Waals surface area (Å²) in [5.74, 6) is -0.451. The molecular formula is C25H28N2O4. The Bertz CT molecular complexity index is 1040. The molecule has 0 saturated heterocycles. The molecule has 0 spiro atoms. The van der Waals surface area contributed by atoms with Crippen LogP contribution >= 0.6 is 0 Å². The van der Waals surface area contributed by atoms with Crippen LogP contribution in [0.15, 0.2) is 72.8 Å². The van der Waals surface area contributed by atoms with Crippen molar-refractivity contribution in [1.82, 2.24) is 9.80 Å². The molecule has 0 aliphatic rings. The number of hydrogen-bond donors (Lipinski definition) is 1. The van der Waals surface area contributed by atoms with Crippen LogP contribution in [-0.2, 0) is 9.53 Å². The van der Waals surface area contributed by atoms with Gasteiger partial charge < -0.3 is 19.6 Å². The van der Waals surface area contributed by atoms with E-state index in [4.69, 9.17) is 4.74 Å². The molecule has 0 fully saturated rings. The summed E-state index contributed by atoms with van der Waals surface area (Å²) < 4.78 is 6.15. The number of hydrogen-bond acceptors (Lipinski definition) is 3. The van der Waals surface area contributed by atoms with E-state index in [1.54, 1.807) is 21.1 Å². The Morgan fingerprint density at radius 3 is 2.16 bits per heavy atom. The van der Waals surface area contributed by atoms with E-state index < -0.39 is 12.2 Å². The molecule has 0 aliphatic carbocycles. The third-order valence-corrected chi connectivity index (χ3v) is 5.38. The predicted octanol–water partition coefficient (Wildman–Crippen LogP) is 4.38. The summed E-state index contributed by atoms with van der Waals surface area (Å²) in [6, 6.07) is 23.8. The molecular weight excluding hydrogens is 392 g/mol. The van der Waals surface area contributed by atoms with Gasteiger partial charge in [0.25, 0.3) is 0 Å². The van der Waals surface area contributed by atoms with Crippen molar-refractivity contribution < 1.29 is 19.4 Å². The fourth-order valence-electron chi connectivity index (χ4n) is 3.57. The molecule has 6 heteroatoms. The second-order valence-electron chi connectivity index (χ2n) is 7.81. The van der Waals surface area contributed by atoms with Crippen molar-refractivity contribution in [2.75, 3.05) is 34.3 Å². The quantitative estimate of drug-likeness (QED) is 0.587. The van der Waals surface area contributed by atoms with Gasteiger partial charge in [0, 0.05) is 33.6 Å². The van der Waals surface area contributed by atoms with E-state index in [9.17, 15) is 14.7 Å². The lowest BCUT2D eigenvalue weighted by atomic mass is 9.87. The van der Waals surface area contributed by atoms with Crippen molar-refractivity contribution in [2.24, 2.45) is 0 Å². The maximum absolute atomic E-state index is 12.2. The smallest absolute Gasteiger partial charge is 0.407 e. The number of amides is 2. The average molecular weight is 421 g/mol. The Kier molecular flexibility index (Phi) is 7.26. The molecule has 3 aromatic rings. The van der Waals surface area contributed by atoms with Gasteiger partial charge in [-0.05, 0) is 21.9 Å². The highest BCUT2D eigenvalue weighted by atomic mass is 16.5. The minimum Gasteiger partial charge on any atom is -0.465 e. The first kappa shape index (κ1) is 22.3. The van der Waals surface area contributed by atoms with E-state index in [1.165, 1.54) is 9.80 Å². The summed E-state index contributed by atoms with van der Waals surface area (Å²) in [5, 5.41) is 11.7. The molecule has 0 aromatic heterocycles. The largest absolute Gasteiger partial charge is 0.465 e. The van der Waals surface area contributed by atoms with E-state index >= 15 is 0 Å². The summed E-state index contributed by atoms with van der Waals surface area (Å²) in [5.41, 5.74) is 1.85.